The molecule has 0 aliphatic heterocycles. The fraction of sp³-hybridized carbons (Fsp3) is 0.529. The monoisotopic (exact) mass is 339 g/mol. The van der Waals surface area contributed by atoms with Crippen molar-refractivity contribution in [1.82, 2.24) is 5.32 Å². The van der Waals surface area contributed by atoms with E-state index in [1.165, 1.54) is 21.3 Å². The number of ether oxygens (including phenoxy) is 4. The Bertz CT molecular complexity index is 579. The maximum atomic E-state index is 12.0. The van der Waals surface area contributed by atoms with Crippen molar-refractivity contribution in [1.29, 1.82) is 0 Å². The average Bonchev–Trinajstić information content (AvgIpc) is 2.51. The molecule has 1 aromatic rings. The van der Waals surface area contributed by atoms with Gasteiger partial charge in [-0.1, -0.05) is 0 Å². The Labute approximate surface area is 142 Å². The fourth-order valence-corrected chi connectivity index (χ4v) is 2.13. The van der Waals surface area contributed by atoms with Gasteiger partial charge in [-0.05, 0) is 26.8 Å². The summed E-state index contributed by atoms with van der Waals surface area (Å²) in [6.07, 6.45) is 0.162. The van der Waals surface area contributed by atoms with Crippen LogP contribution < -0.4 is 19.5 Å². The highest BCUT2D eigenvalue weighted by atomic mass is 16.6. The van der Waals surface area contributed by atoms with E-state index in [9.17, 15) is 9.59 Å². The number of hydrogen-bond donors (Lipinski definition) is 1. The van der Waals surface area contributed by atoms with Crippen LogP contribution in [0.15, 0.2) is 12.1 Å². The minimum atomic E-state index is -0.641. The summed E-state index contributed by atoms with van der Waals surface area (Å²) in [7, 11) is 4.51. The van der Waals surface area contributed by atoms with Gasteiger partial charge in [0.05, 0.1) is 27.4 Å². The number of rotatable bonds is 7. The molecule has 1 N–H and O–H groups in total. The van der Waals surface area contributed by atoms with Gasteiger partial charge in [-0.3, -0.25) is 0 Å². The Kier molecular flexibility index (Phi) is 6.88. The lowest BCUT2D eigenvalue weighted by Gasteiger charge is -2.24. The fourth-order valence-electron chi connectivity index (χ4n) is 2.13. The first-order valence-electron chi connectivity index (χ1n) is 7.48. The number of alkyl carbamates (subject to hydrolysis) is 1. The molecule has 0 saturated carbocycles. The van der Waals surface area contributed by atoms with Crippen LogP contribution in [-0.4, -0.2) is 39.3 Å². The molecule has 0 bridgehead atoms. The first-order chi connectivity index (χ1) is 11.3. The number of aldehydes is 1. The van der Waals surface area contributed by atoms with Crippen molar-refractivity contribution in [3.8, 4) is 17.2 Å². The average molecular weight is 339 g/mol. The topological polar surface area (TPSA) is 83.1 Å². The van der Waals surface area contributed by atoms with Crippen molar-refractivity contribution in [2.75, 3.05) is 21.3 Å². The summed E-state index contributed by atoms with van der Waals surface area (Å²) in [5.74, 6) is 1.42. The molecule has 7 heteroatoms. The van der Waals surface area contributed by atoms with E-state index in [0.717, 1.165) is 6.29 Å². The van der Waals surface area contributed by atoms with Crippen LogP contribution in [0.4, 0.5) is 4.79 Å². The second-order valence-corrected chi connectivity index (χ2v) is 6.05. The lowest BCUT2D eigenvalue weighted by Crippen LogP contribution is -2.35. The predicted octanol–water partition coefficient (Wildman–Crippen LogP) is 2.87. The van der Waals surface area contributed by atoms with Gasteiger partial charge in [0, 0.05) is 18.1 Å². The van der Waals surface area contributed by atoms with E-state index in [1.807, 2.05) is 0 Å². The summed E-state index contributed by atoms with van der Waals surface area (Å²) in [5, 5.41) is 2.69. The van der Waals surface area contributed by atoms with Gasteiger partial charge < -0.3 is 29.1 Å². The molecule has 1 atom stereocenters. The van der Waals surface area contributed by atoms with Gasteiger partial charge in [0.15, 0.2) is 11.5 Å². The summed E-state index contributed by atoms with van der Waals surface area (Å²) in [6.45, 7) is 5.29. The van der Waals surface area contributed by atoms with E-state index in [0.29, 0.717) is 22.8 Å². The number of hydrogen-bond acceptors (Lipinski definition) is 6. The summed E-state index contributed by atoms with van der Waals surface area (Å²) in [6, 6.07) is 2.69. The van der Waals surface area contributed by atoms with Gasteiger partial charge in [0.1, 0.15) is 17.6 Å². The van der Waals surface area contributed by atoms with Crippen LogP contribution in [0.2, 0.25) is 0 Å². The van der Waals surface area contributed by atoms with E-state index in [1.54, 1.807) is 32.9 Å². The molecule has 0 fully saturated rings. The third kappa shape index (κ3) is 5.33. The van der Waals surface area contributed by atoms with E-state index >= 15 is 0 Å². The minimum absolute atomic E-state index is 0.0606. The number of nitrogens with one attached hydrogen (secondary N) is 1. The molecule has 0 unspecified atom stereocenters. The van der Waals surface area contributed by atoms with Crippen molar-refractivity contribution >= 4 is 12.4 Å². The van der Waals surface area contributed by atoms with Crippen LogP contribution in [0, 0.1) is 0 Å². The molecule has 1 amide bonds. The molecule has 0 heterocycles. The van der Waals surface area contributed by atoms with Gasteiger partial charge >= 0.3 is 6.09 Å². The zero-order valence-electron chi connectivity index (χ0n) is 15.0. The number of carbonyl (C=O) groups is 2. The summed E-state index contributed by atoms with van der Waals surface area (Å²) < 4.78 is 21.1. The first-order valence-corrected chi connectivity index (χ1v) is 7.48. The van der Waals surface area contributed by atoms with Crippen molar-refractivity contribution in [3.63, 3.8) is 0 Å². The molecule has 0 aromatic heterocycles. The van der Waals surface area contributed by atoms with E-state index < -0.39 is 17.7 Å². The number of amides is 1. The van der Waals surface area contributed by atoms with Gasteiger partial charge in [0.2, 0.25) is 0 Å². The summed E-state index contributed by atoms with van der Waals surface area (Å²) in [5.41, 5.74) is -0.0505. The Hall–Kier alpha value is -2.44. The molecule has 0 saturated heterocycles. The van der Waals surface area contributed by atoms with Crippen LogP contribution >= 0.6 is 0 Å². The van der Waals surface area contributed by atoms with Crippen molar-refractivity contribution in [2.24, 2.45) is 0 Å². The molecule has 1 rings (SSSR count). The highest BCUT2D eigenvalue weighted by molar-refractivity contribution is 5.70. The Morgan fingerprint density at radius 2 is 1.62 bits per heavy atom. The highest BCUT2D eigenvalue weighted by Crippen LogP contribution is 2.38. The second kappa shape index (κ2) is 8.42. The molecule has 134 valence electrons. The molecular weight excluding hydrogens is 314 g/mol. The largest absolute Gasteiger partial charge is 0.496 e. The SMILES string of the molecule is COc1cc(OC)c([C@H](CC=O)NC(=O)OC(C)(C)C)cc1OC. The molecule has 24 heavy (non-hydrogen) atoms. The van der Waals surface area contributed by atoms with Crippen LogP contribution in [0.5, 0.6) is 17.2 Å². The van der Waals surface area contributed by atoms with E-state index in [2.05, 4.69) is 5.32 Å². The summed E-state index contributed by atoms with van der Waals surface area (Å²) in [4.78, 5) is 23.1. The minimum Gasteiger partial charge on any atom is -0.496 e. The molecule has 0 aliphatic carbocycles. The van der Waals surface area contributed by atoms with E-state index in [-0.39, 0.29) is 6.42 Å². The summed E-state index contributed by atoms with van der Waals surface area (Å²) >= 11 is 0. The van der Waals surface area contributed by atoms with Gasteiger partial charge in [-0.25, -0.2) is 4.79 Å². The van der Waals surface area contributed by atoms with Crippen molar-refractivity contribution < 1.29 is 28.5 Å². The molecule has 7 nitrogen and oxygen atoms in total. The molecule has 0 spiro atoms. The smallest absolute Gasteiger partial charge is 0.408 e. The Morgan fingerprint density at radius 3 is 2.08 bits per heavy atom. The second-order valence-electron chi connectivity index (χ2n) is 6.05. The lowest BCUT2D eigenvalue weighted by molar-refractivity contribution is -0.108. The highest BCUT2D eigenvalue weighted by Gasteiger charge is 2.24. The van der Waals surface area contributed by atoms with Crippen molar-refractivity contribution in [3.05, 3.63) is 17.7 Å². The molecule has 0 radical (unpaired) electrons. The zero-order chi connectivity index (χ0) is 18.3. The zero-order valence-corrected chi connectivity index (χ0v) is 15.0. The number of methoxy groups -OCH3 is 3. The van der Waals surface area contributed by atoms with Crippen molar-refractivity contribution in [2.45, 2.75) is 38.8 Å². The van der Waals surface area contributed by atoms with Gasteiger partial charge in [-0.2, -0.15) is 0 Å². The number of carbonyl (C=O) groups excluding carboxylic acids is 2. The standard InChI is InChI=1S/C17H25NO6/c1-17(2,3)24-16(20)18-12(7-8-19)11-9-14(22-5)15(23-6)10-13(11)21-4/h8-10,12H,7H2,1-6H3,(H,18,20)/t12-/m0/s1. The lowest BCUT2D eigenvalue weighted by atomic mass is 10.0. The molecule has 0 aliphatic rings. The maximum Gasteiger partial charge on any atom is 0.408 e. The molecule has 1 aromatic carbocycles. The Morgan fingerprint density at radius 1 is 1.08 bits per heavy atom. The quantitative estimate of drug-likeness (QED) is 0.769. The maximum absolute atomic E-state index is 12.0. The predicted molar refractivity (Wildman–Crippen MR) is 88.9 cm³/mol. The molecular formula is C17H25NO6. The van der Waals surface area contributed by atoms with Crippen LogP contribution in [0.25, 0.3) is 0 Å². The van der Waals surface area contributed by atoms with Crippen LogP contribution in [0.1, 0.15) is 38.8 Å². The third-order valence-corrected chi connectivity index (χ3v) is 3.13. The number of benzene rings is 1. The van der Waals surface area contributed by atoms with Crippen LogP contribution in [-0.2, 0) is 9.53 Å². The van der Waals surface area contributed by atoms with E-state index in [4.69, 9.17) is 18.9 Å². The van der Waals surface area contributed by atoms with Gasteiger partial charge in [-0.15, -0.1) is 0 Å². The Balaban J connectivity index is 3.19. The van der Waals surface area contributed by atoms with Gasteiger partial charge in [0.25, 0.3) is 0 Å². The van der Waals surface area contributed by atoms with Crippen LogP contribution in [0.3, 0.4) is 0 Å². The first kappa shape index (κ1) is 19.6. The normalized spacial score (nSPS) is 12.1. The third-order valence-electron chi connectivity index (χ3n) is 3.13.